The minimum absolute atomic E-state index is 0.247. The zero-order valence-corrected chi connectivity index (χ0v) is 27.1. The fourth-order valence-electron chi connectivity index (χ4n) is 6.22. The Kier molecular flexibility index (Phi) is 28.7. The molecule has 0 aromatic rings. The molecule has 0 fully saturated rings. The van der Waals surface area contributed by atoms with Gasteiger partial charge in [-0.05, 0) is 25.7 Å². The molecule has 4 heteroatoms. The van der Waals surface area contributed by atoms with E-state index in [0.29, 0.717) is 0 Å². The van der Waals surface area contributed by atoms with Crippen molar-refractivity contribution >= 4 is 11.9 Å². The molecule has 40 heavy (non-hydrogen) atoms. The largest absolute Gasteiger partial charge is 0.481 e. The van der Waals surface area contributed by atoms with Crippen LogP contribution in [0.3, 0.4) is 0 Å². The Bertz CT molecular complexity index is 533. The van der Waals surface area contributed by atoms with Crippen molar-refractivity contribution in [3.8, 4) is 0 Å². The van der Waals surface area contributed by atoms with Crippen LogP contribution < -0.4 is 0 Å². The van der Waals surface area contributed by atoms with Gasteiger partial charge in [0.25, 0.3) is 0 Å². The molecule has 0 atom stereocenters. The predicted molar refractivity (Wildman–Crippen MR) is 172 cm³/mol. The second kappa shape index (κ2) is 29.4. The Labute approximate surface area is 249 Å². The third kappa shape index (κ3) is 24.7. The fraction of sp³-hybridized carbons (Fsp3) is 0.944. The van der Waals surface area contributed by atoms with Gasteiger partial charge in [-0.3, -0.25) is 9.59 Å². The first kappa shape index (κ1) is 38.9. The summed E-state index contributed by atoms with van der Waals surface area (Å²) < 4.78 is 0. The summed E-state index contributed by atoms with van der Waals surface area (Å²) in [4.78, 5) is 23.3. The molecule has 0 unspecified atom stereocenters. The first-order chi connectivity index (χ1) is 19.5. The lowest BCUT2D eigenvalue weighted by Crippen LogP contribution is -2.31. The molecule has 0 aliphatic carbocycles. The van der Waals surface area contributed by atoms with Crippen molar-refractivity contribution < 1.29 is 19.8 Å². The van der Waals surface area contributed by atoms with Crippen molar-refractivity contribution in [1.29, 1.82) is 0 Å². The van der Waals surface area contributed by atoms with Crippen molar-refractivity contribution in [2.24, 2.45) is 5.41 Å². The van der Waals surface area contributed by atoms with Crippen LogP contribution in [0.15, 0.2) is 0 Å². The number of rotatable bonds is 33. The van der Waals surface area contributed by atoms with E-state index in [1.54, 1.807) is 0 Å². The first-order valence-electron chi connectivity index (χ1n) is 17.9. The highest BCUT2D eigenvalue weighted by atomic mass is 16.4. The summed E-state index contributed by atoms with van der Waals surface area (Å²) in [6, 6.07) is 0. The molecule has 4 nitrogen and oxygen atoms in total. The zero-order valence-electron chi connectivity index (χ0n) is 27.1. The number of carbonyl (C=O) groups is 2. The van der Waals surface area contributed by atoms with E-state index < -0.39 is 17.4 Å². The summed E-state index contributed by atoms with van der Waals surface area (Å²) in [7, 11) is 0. The minimum atomic E-state index is -0.719. The molecule has 0 saturated heterocycles. The van der Waals surface area contributed by atoms with Crippen LogP contribution >= 0.6 is 0 Å². The summed E-state index contributed by atoms with van der Waals surface area (Å²) in [6.07, 6.45) is 35.8. The predicted octanol–water partition coefficient (Wildman–Crippen LogP) is 12.3. The van der Waals surface area contributed by atoms with Crippen LogP contribution in [0.2, 0.25) is 0 Å². The van der Waals surface area contributed by atoms with E-state index in [0.717, 1.165) is 77.0 Å². The maximum Gasteiger partial charge on any atom is 0.309 e. The number of hydrogen-bond acceptors (Lipinski definition) is 2. The van der Waals surface area contributed by atoms with Crippen LogP contribution in [0, 0.1) is 5.41 Å². The molecule has 0 aliphatic rings. The van der Waals surface area contributed by atoms with Crippen LogP contribution in [0.4, 0.5) is 0 Å². The van der Waals surface area contributed by atoms with Crippen LogP contribution in [0.5, 0.6) is 0 Å². The Morgan fingerprint density at radius 1 is 0.400 bits per heavy atom. The lowest BCUT2D eigenvalue weighted by molar-refractivity contribution is -0.151. The van der Waals surface area contributed by atoms with Crippen LogP contribution in [0.25, 0.3) is 0 Å². The molecule has 238 valence electrons. The Balaban J connectivity index is 4.39. The maximum absolute atomic E-state index is 12.6. The summed E-state index contributed by atoms with van der Waals surface area (Å²) in [5.74, 6) is -1.29. The molecule has 0 aliphatic heterocycles. The SMILES string of the molecule is CCCCCCCCCCCCCC(CCCCCCCCCCCCC)(CCCCCCCC(=O)O)C(=O)O. The van der Waals surface area contributed by atoms with Gasteiger partial charge in [-0.15, -0.1) is 0 Å². The molecule has 0 spiro atoms. The number of carboxylic acid groups (broad SMARTS) is 2. The third-order valence-corrected chi connectivity index (χ3v) is 9.02. The van der Waals surface area contributed by atoms with Crippen LogP contribution in [-0.4, -0.2) is 22.2 Å². The van der Waals surface area contributed by atoms with Crippen LogP contribution in [-0.2, 0) is 9.59 Å². The molecule has 0 radical (unpaired) electrons. The molecule has 2 N–H and O–H groups in total. The van der Waals surface area contributed by atoms with Crippen molar-refractivity contribution in [1.82, 2.24) is 0 Å². The molecule has 0 bridgehead atoms. The topological polar surface area (TPSA) is 74.6 Å². The molecule has 0 heterocycles. The van der Waals surface area contributed by atoms with Gasteiger partial charge in [-0.25, -0.2) is 0 Å². The number of carboxylic acids is 2. The smallest absolute Gasteiger partial charge is 0.309 e. The maximum atomic E-state index is 12.6. The van der Waals surface area contributed by atoms with Gasteiger partial charge >= 0.3 is 11.9 Å². The average molecular weight is 567 g/mol. The monoisotopic (exact) mass is 567 g/mol. The summed E-state index contributed by atoms with van der Waals surface area (Å²) in [5, 5.41) is 19.2. The van der Waals surface area contributed by atoms with E-state index in [4.69, 9.17) is 5.11 Å². The van der Waals surface area contributed by atoms with E-state index in [1.807, 2.05) is 0 Å². The van der Waals surface area contributed by atoms with Gasteiger partial charge in [0.05, 0.1) is 5.41 Å². The van der Waals surface area contributed by atoms with Gasteiger partial charge in [0.15, 0.2) is 0 Å². The zero-order chi connectivity index (χ0) is 29.6. The van der Waals surface area contributed by atoms with E-state index in [2.05, 4.69) is 13.8 Å². The Morgan fingerprint density at radius 2 is 0.650 bits per heavy atom. The van der Waals surface area contributed by atoms with Gasteiger partial charge in [-0.1, -0.05) is 181 Å². The molecule has 0 amide bonds. The third-order valence-electron chi connectivity index (χ3n) is 9.02. The molecule has 0 saturated carbocycles. The molecule has 0 aromatic carbocycles. The second-order valence-electron chi connectivity index (χ2n) is 12.8. The van der Waals surface area contributed by atoms with Crippen molar-refractivity contribution in [3.05, 3.63) is 0 Å². The number of aliphatic carboxylic acids is 2. The highest BCUT2D eigenvalue weighted by molar-refractivity contribution is 5.74. The van der Waals surface area contributed by atoms with Crippen molar-refractivity contribution in [2.45, 2.75) is 213 Å². The van der Waals surface area contributed by atoms with Gasteiger partial charge < -0.3 is 10.2 Å². The lowest BCUT2D eigenvalue weighted by Gasteiger charge is -2.30. The van der Waals surface area contributed by atoms with Gasteiger partial charge in [0.2, 0.25) is 0 Å². The Hall–Kier alpha value is -1.06. The number of unbranched alkanes of at least 4 members (excludes halogenated alkanes) is 24. The van der Waals surface area contributed by atoms with E-state index >= 15 is 0 Å². The lowest BCUT2D eigenvalue weighted by atomic mass is 9.74. The first-order valence-corrected chi connectivity index (χ1v) is 17.9. The molecule has 0 aromatic heterocycles. The molecular formula is C36H70O4. The van der Waals surface area contributed by atoms with E-state index in [-0.39, 0.29) is 6.42 Å². The summed E-state index contributed by atoms with van der Waals surface area (Å²) >= 11 is 0. The second-order valence-corrected chi connectivity index (χ2v) is 12.8. The summed E-state index contributed by atoms with van der Waals surface area (Å²) in [6.45, 7) is 4.53. The highest BCUT2D eigenvalue weighted by Crippen LogP contribution is 2.38. The Morgan fingerprint density at radius 3 is 0.900 bits per heavy atom. The molecule has 0 rings (SSSR count). The van der Waals surface area contributed by atoms with Crippen LogP contribution in [0.1, 0.15) is 213 Å². The van der Waals surface area contributed by atoms with Crippen molar-refractivity contribution in [3.63, 3.8) is 0 Å². The van der Waals surface area contributed by atoms with Crippen molar-refractivity contribution in [2.75, 3.05) is 0 Å². The molecular weight excluding hydrogens is 496 g/mol. The van der Waals surface area contributed by atoms with E-state index in [1.165, 1.54) is 116 Å². The summed E-state index contributed by atoms with van der Waals surface area (Å²) in [5.41, 5.74) is -0.556. The highest BCUT2D eigenvalue weighted by Gasteiger charge is 2.36. The van der Waals surface area contributed by atoms with Gasteiger partial charge in [0, 0.05) is 6.42 Å². The quantitative estimate of drug-likeness (QED) is 0.0775. The minimum Gasteiger partial charge on any atom is -0.481 e. The van der Waals surface area contributed by atoms with E-state index in [9.17, 15) is 14.7 Å². The normalized spacial score (nSPS) is 11.8. The van der Waals surface area contributed by atoms with Gasteiger partial charge in [-0.2, -0.15) is 0 Å². The standard InChI is InChI=1S/C36H70O4/c1-3-5-7-9-11-13-15-17-19-23-27-31-36(35(39)40,33-29-25-21-22-26-30-34(37)38)32-28-24-20-18-16-14-12-10-8-6-4-2/h3-33H2,1-2H3,(H,37,38)(H,39,40). The average Bonchev–Trinajstić information content (AvgIpc) is 2.93. The number of hydrogen-bond donors (Lipinski definition) is 2. The fourth-order valence-corrected chi connectivity index (χ4v) is 6.22. The van der Waals surface area contributed by atoms with Gasteiger partial charge in [0.1, 0.15) is 0 Å².